The molecule has 20 heavy (non-hydrogen) atoms. The van der Waals surface area contributed by atoms with Crippen LogP contribution in [-0.4, -0.2) is 15.2 Å². The van der Waals surface area contributed by atoms with Gasteiger partial charge in [-0.1, -0.05) is 11.8 Å². The van der Waals surface area contributed by atoms with Crippen LogP contribution in [0.15, 0.2) is 34.6 Å². The topological polar surface area (TPSA) is 41.6 Å². The van der Waals surface area contributed by atoms with E-state index in [1.54, 1.807) is 0 Å². The summed E-state index contributed by atoms with van der Waals surface area (Å²) in [6.07, 6.45) is -8.63. The number of hydrogen-bond acceptors (Lipinski definition) is 3. The fourth-order valence-corrected chi connectivity index (χ4v) is 2.13. The van der Waals surface area contributed by atoms with Gasteiger partial charge in [-0.05, 0) is 18.2 Å². The van der Waals surface area contributed by atoms with Crippen LogP contribution in [0.3, 0.4) is 0 Å². The van der Waals surface area contributed by atoms with Gasteiger partial charge in [-0.2, -0.15) is 31.4 Å². The third kappa shape index (κ3) is 3.44. The molecule has 0 saturated heterocycles. The first-order valence-corrected chi connectivity index (χ1v) is 5.80. The molecule has 0 atom stereocenters. The zero-order chi connectivity index (χ0) is 15.0. The number of nitrogens with one attached hydrogen (secondary N) is 1. The van der Waals surface area contributed by atoms with Gasteiger partial charge in [-0.15, -0.1) is 0 Å². The maximum absolute atomic E-state index is 12.6. The van der Waals surface area contributed by atoms with Crippen LogP contribution in [0.5, 0.6) is 0 Å². The van der Waals surface area contributed by atoms with Crippen LogP contribution in [0.4, 0.5) is 26.3 Å². The SMILES string of the molecule is FC(F)(F)c1cc(Sc2ncn[nH]2)cc(C(F)(F)F)c1. The van der Waals surface area contributed by atoms with Crippen LogP contribution < -0.4 is 0 Å². The van der Waals surface area contributed by atoms with E-state index in [9.17, 15) is 26.3 Å². The number of alkyl halides is 6. The fraction of sp³-hybridized carbons (Fsp3) is 0.200. The summed E-state index contributed by atoms with van der Waals surface area (Å²) in [5, 5.41) is 5.90. The van der Waals surface area contributed by atoms with Crippen molar-refractivity contribution in [1.82, 2.24) is 15.2 Å². The molecule has 10 heteroatoms. The molecule has 0 saturated carbocycles. The molecule has 1 heterocycles. The second-order valence-electron chi connectivity index (χ2n) is 3.63. The second kappa shape index (κ2) is 5.00. The van der Waals surface area contributed by atoms with Gasteiger partial charge in [0.2, 0.25) is 0 Å². The lowest BCUT2D eigenvalue weighted by Crippen LogP contribution is -2.10. The molecule has 0 aliphatic rings. The molecule has 2 aromatic rings. The highest BCUT2D eigenvalue weighted by Gasteiger charge is 2.37. The van der Waals surface area contributed by atoms with Crippen LogP contribution >= 0.6 is 11.8 Å². The van der Waals surface area contributed by atoms with Gasteiger partial charge in [0, 0.05) is 4.90 Å². The number of halogens is 6. The molecule has 1 aromatic heterocycles. The Hall–Kier alpha value is -1.71. The maximum Gasteiger partial charge on any atom is 0.416 e. The highest BCUT2D eigenvalue weighted by Crippen LogP contribution is 2.39. The molecule has 0 spiro atoms. The lowest BCUT2D eigenvalue weighted by Gasteiger charge is -2.13. The van der Waals surface area contributed by atoms with E-state index in [0.717, 1.165) is 6.33 Å². The molecule has 0 fully saturated rings. The molecule has 0 bridgehead atoms. The fourth-order valence-electron chi connectivity index (χ4n) is 1.34. The van der Waals surface area contributed by atoms with E-state index in [2.05, 4.69) is 15.2 Å². The molecule has 0 radical (unpaired) electrons. The molecular formula is C10H5F6N3S. The minimum Gasteiger partial charge on any atom is -0.254 e. The number of aromatic nitrogens is 3. The molecule has 3 nitrogen and oxygen atoms in total. The smallest absolute Gasteiger partial charge is 0.254 e. The number of H-pyrrole nitrogens is 1. The first-order valence-electron chi connectivity index (χ1n) is 4.99. The number of hydrogen-bond donors (Lipinski definition) is 1. The Kier molecular flexibility index (Phi) is 3.67. The Labute approximate surface area is 112 Å². The third-order valence-corrected chi connectivity index (χ3v) is 3.03. The summed E-state index contributed by atoms with van der Waals surface area (Å²) in [5.74, 6) is 0. The first kappa shape index (κ1) is 14.7. The van der Waals surface area contributed by atoms with Gasteiger partial charge in [-0.25, -0.2) is 4.98 Å². The van der Waals surface area contributed by atoms with Crippen molar-refractivity contribution in [2.75, 3.05) is 0 Å². The zero-order valence-corrected chi connectivity index (χ0v) is 10.2. The highest BCUT2D eigenvalue weighted by atomic mass is 32.2. The number of nitrogens with zero attached hydrogens (tertiary/aromatic N) is 2. The largest absolute Gasteiger partial charge is 0.416 e. The molecule has 1 N–H and O–H groups in total. The predicted octanol–water partition coefficient (Wildman–Crippen LogP) is 3.99. The van der Waals surface area contributed by atoms with Crippen molar-refractivity contribution in [3.63, 3.8) is 0 Å². The van der Waals surface area contributed by atoms with Crippen LogP contribution in [0.2, 0.25) is 0 Å². The minimum absolute atomic E-state index is 0.0739. The van der Waals surface area contributed by atoms with Crippen molar-refractivity contribution in [1.29, 1.82) is 0 Å². The van der Waals surface area contributed by atoms with Crippen molar-refractivity contribution in [2.45, 2.75) is 22.4 Å². The van der Waals surface area contributed by atoms with Gasteiger partial charge in [0.05, 0.1) is 11.1 Å². The normalized spacial score (nSPS) is 12.7. The molecule has 0 amide bonds. The zero-order valence-electron chi connectivity index (χ0n) is 9.38. The molecule has 0 unspecified atom stereocenters. The summed E-state index contributed by atoms with van der Waals surface area (Å²) < 4.78 is 75.6. The number of aromatic amines is 1. The van der Waals surface area contributed by atoms with Crippen LogP contribution in [0, 0.1) is 0 Å². The average molecular weight is 313 g/mol. The summed E-state index contributed by atoms with van der Waals surface area (Å²) in [5.41, 5.74) is -2.73. The van der Waals surface area contributed by atoms with E-state index in [4.69, 9.17) is 0 Å². The highest BCUT2D eigenvalue weighted by molar-refractivity contribution is 7.99. The van der Waals surface area contributed by atoms with Crippen LogP contribution in [0.1, 0.15) is 11.1 Å². The number of benzene rings is 1. The Bertz CT molecular complexity index is 558. The van der Waals surface area contributed by atoms with Gasteiger partial charge < -0.3 is 0 Å². The van der Waals surface area contributed by atoms with Crippen molar-refractivity contribution in [2.24, 2.45) is 0 Å². The lowest BCUT2D eigenvalue weighted by molar-refractivity contribution is -0.143. The quantitative estimate of drug-likeness (QED) is 0.852. The van der Waals surface area contributed by atoms with E-state index in [0.29, 0.717) is 23.9 Å². The summed E-state index contributed by atoms with van der Waals surface area (Å²) in [6.45, 7) is 0. The van der Waals surface area contributed by atoms with E-state index >= 15 is 0 Å². The lowest BCUT2D eigenvalue weighted by atomic mass is 10.1. The molecule has 2 rings (SSSR count). The Morgan fingerprint density at radius 1 is 0.900 bits per heavy atom. The van der Waals surface area contributed by atoms with Gasteiger partial charge in [0.25, 0.3) is 0 Å². The van der Waals surface area contributed by atoms with Gasteiger partial charge in [0.1, 0.15) is 6.33 Å². The van der Waals surface area contributed by atoms with Crippen molar-refractivity contribution < 1.29 is 26.3 Å². The predicted molar refractivity (Wildman–Crippen MR) is 57.0 cm³/mol. The minimum atomic E-state index is -4.86. The average Bonchev–Trinajstić information content (AvgIpc) is 2.79. The van der Waals surface area contributed by atoms with Gasteiger partial charge in [0.15, 0.2) is 5.16 Å². The molecule has 0 aliphatic carbocycles. The van der Waals surface area contributed by atoms with E-state index < -0.39 is 23.5 Å². The van der Waals surface area contributed by atoms with Crippen molar-refractivity contribution in [3.8, 4) is 0 Å². The van der Waals surface area contributed by atoms with E-state index in [1.165, 1.54) is 0 Å². The summed E-state index contributed by atoms with van der Waals surface area (Å²) >= 11 is 0.626. The summed E-state index contributed by atoms with van der Waals surface area (Å²) in [6, 6.07) is 1.33. The van der Waals surface area contributed by atoms with Gasteiger partial charge >= 0.3 is 12.4 Å². The Morgan fingerprint density at radius 2 is 1.45 bits per heavy atom. The molecule has 1 aromatic carbocycles. The Balaban J connectivity index is 2.46. The first-order chi connectivity index (χ1) is 9.16. The summed E-state index contributed by atoms with van der Waals surface area (Å²) in [7, 11) is 0. The van der Waals surface area contributed by atoms with Crippen LogP contribution in [-0.2, 0) is 12.4 Å². The Morgan fingerprint density at radius 3 is 1.85 bits per heavy atom. The van der Waals surface area contributed by atoms with E-state index in [1.807, 2.05) is 0 Å². The van der Waals surface area contributed by atoms with E-state index in [-0.39, 0.29) is 16.1 Å². The number of rotatable bonds is 2. The second-order valence-corrected chi connectivity index (χ2v) is 4.70. The standard InChI is InChI=1S/C10H5F6N3S/c11-9(12,13)5-1-6(10(14,15)16)3-7(2-5)20-8-17-4-18-19-8/h1-4H,(H,17,18,19). The van der Waals surface area contributed by atoms with Crippen molar-refractivity contribution >= 4 is 11.8 Å². The molecule has 0 aliphatic heterocycles. The van der Waals surface area contributed by atoms with Crippen LogP contribution in [0.25, 0.3) is 0 Å². The van der Waals surface area contributed by atoms with Gasteiger partial charge in [-0.3, -0.25) is 5.10 Å². The third-order valence-electron chi connectivity index (χ3n) is 2.17. The maximum atomic E-state index is 12.6. The summed E-state index contributed by atoms with van der Waals surface area (Å²) in [4.78, 5) is 3.40. The van der Waals surface area contributed by atoms with Crippen molar-refractivity contribution in [3.05, 3.63) is 35.7 Å². The molecule has 108 valence electrons. The molecular weight excluding hydrogens is 308 g/mol. The monoisotopic (exact) mass is 313 g/mol.